The van der Waals surface area contributed by atoms with Gasteiger partial charge >= 0.3 is 5.97 Å². The third-order valence-corrected chi connectivity index (χ3v) is 3.11. The molecule has 1 saturated heterocycles. The molecule has 1 N–H and O–H groups in total. The van der Waals surface area contributed by atoms with Gasteiger partial charge in [0.2, 0.25) is 5.91 Å². The molecule has 0 spiro atoms. The summed E-state index contributed by atoms with van der Waals surface area (Å²) in [5.74, 6) is -0.750. The number of esters is 1. The van der Waals surface area contributed by atoms with Gasteiger partial charge in [0, 0.05) is 25.1 Å². The molecule has 5 nitrogen and oxygen atoms in total. The number of nitrogens with zero attached hydrogens (tertiary/aromatic N) is 1. The molecular formula is C11H19NO4. The first kappa shape index (κ1) is 13.0. The lowest BCUT2D eigenvalue weighted by molar-refractivity contribution is -0.145. The SMILES string of the molecule is COC(=O)C1CC(=O)N(C(C)(C)CCO)C1. The molecule has 16 heavy (non-hydrogen) atoms. The van der Waals surface area contributed by atoms with Crippen LogP contribution in [0.2, 0.25) is 0 Å². The lowest BCUT2D eigenvalue weighted by Gasteiger charge is -2.35. The highest BCUT2D eigenvalue weighted by Crippen LogP contribution is 2.28. The number of methoxy groups -OCH3 is 1. The molecule has 92 valence electrons. The molecule has 0 aromatic rings. The molecule has 1 fully saturated rings. The maximum absolute atomic E-state index is 11.8. The van der Waals surface area contributed by atoms with E-state index >= 15 is 0 Å². The third kappa shape index (κ3) is 2.52. The fourth-order valence-electron chi connectivity index (χ4n) is 2.03. The van der Waals surface area contributed by atoms with Gasteiger partial charge in [0.25, 0.3) is 0 Å². The van der Waals surface area contributed by atoms with E-state index in [0.717, 1.165) is 0 Å². The Labute approximate surface area is 95.4 Å². The average molecular weight is 229 g/mol. The average Bonchev–Trinajstić information content (AvgIpc) is 2.60. The Morgan fingerprint density at radius 1 is 1.62 bits per heavy atom. The molecule has 0 radical (unpaired) electrons. The van der Waals surface area contributed by atoms with Gasteiger partial charge in [-0.05, 0) is 20.3 Å². The van der Waals surface area contributed by atoms with Crippen molar-refractivity contribution in [2.75, 3.05) is 20.3 Å². The summed E-state index contributed by atoms with van der Waals surface area (Å²) in [7, 11) is 1.33. The minimum Gasteiger partial charge on any atom is -0.469 e. The van der Waals surface area contributed by atoms with Crippen LogP contribution in [0, 0.1) is 5.92 Å². The van der Waals surface area contributed by atoms with Crippen LogP contribution in [0.3, 0.4) is 0 Å². The summed E-state index contributed by atoms with van der Waals surface area (Å²) in [6, 6.07) is 0. The topological polar surface area (TPSA) is 66.8 Å². The Morgan fingerprint density at radius 3 is 2.75 bits per heavy atom. The monoisotopic (exact) mass is 229 g/mol. The van der Waals surface area contributed by atoms with Crippen LogP contribution in [0.4, 0.5) is 0 Å². The zero-order valence-corrected chi connectivity index (χ0v) is 10.0. The Morgan fingerprint density at radius 2 is 2.25 bits per heavy atom. The van der Waals surface area contributed by atoms with E-state index in [0.29, 0.717) is 13.0 Å². The molecule has 1 heterocycles. The van der Waals surface area contributed by atoms with Crippen LogP contribution >= 0.6 is 0 Å². The van der Waals surface area contributed by atoms with Gasteiger partial charge in [-0.1, -0.05) is 0 Å². The van der Waals surface area contributed by atoms with Gasteiger partial charge in [0.1, 0.15) is 0 Å². The largest absolute Gasteiger partial charge is 0.469 e. The van der Waals surface area contributed by atoms with Gasteiger partial charge in [-0.15, -0.1) is 0 Å². The van der Waals surface area contributed by atoms with Crippen LogP contribution in [0.5, 0.6) is 0 Å². The van der Waals surface area contributed by atoms with Crippen molar-refractivity contribution < 1.29 is 19.4 Å². The number of carbonyl (C=O) groups excluding carboxylic acids is 2. The van der Waals surface area contributed by atoms with Gasteiger partial charge in [-0.25, -0.2) is 0 Å². The summed E-state index contributed by atoms with van der Waals surface area (Å²) in [4.78, 5) is 24.8. The maximum Gasteiger partial charge on any atom is 0.310 e. The summed E-state index contributed by atoms with van der Waals surface area (Å²) in [5, 5.41) is 8.94. The van der Waals surface area contributed by atoms with E-state index in [9.17, 15) is 9.59 Å². The lowest BCUT2D eigenvalue weighted by Crippen LogP contribution is -2.45. The number of rotatable bonds is 4. The molecule has 0 aromatic heterocycles. The number of ether oxygens (including phenoxy) is 1. The molecule has 1 atom stereocenters. The summed E-state index contributed by atoms with van der Waals surface area (Å²) >= 11 is 0. The summed E-state index contributed by atoms with van der Waals surface area (Å²) in [6.45, 7) is 4.19. The van der Waals surface area contributed by atoms with E-state index in [-0.39, 0.29) is 30.8 Å². The maximum atomic E-state index is 11.8. The molecular weight excluding hydrogens is 210 g/mol. The van der Waals surface area contributed by atoms with Crippen molar-refractivity contribution >= 4 is 11.9 Å². The smallest absolute Gasteiger partial charge is 0.310 e. The van der Waals surface area contributed by atoms with Crippen LogP contribution in [0.15, 0.2) is 0 Å². The zero-order valence-electron chi connectivity index (χ0n) is 10.0. The normalized spacial score (nSPS) is 21.4. The molecule has 0 saturated carbocycles. The number of aliphatic hydroxyl groups excluding tert-OH is 1. The zero-order chi connectivity index (χ0) is 12.3. The van der Waals surface area contributed by atoms with Crippen LogP contribution < -0.4 is 0 Å². The van der Waals surface area contributed by atoms with Crippen molar-refractivity contribution in [2.45, 2.75) is 32.2 Å². The minimum absolute atomic E-state index is 0.0275. The first-order valence-corrected chi connectivity index (χ1v) is 5.41. The number of hydrogen-bond donors (Lipinski definition) is 1. The van der Waals surface area contributed by atoms with Crippen LogP contribution in [-0.4, -0.2) is 47.7 Å². The van der Waals surface area contributed by atoms with Crippen molar-refractivity contribution in [1.29, 1.82) is 0 Å². The summed E-state index contributed by atoms with van der Waals surface area (Å²) < 4.78 is 4.64. The standard InChI is InChI=1S/C11H19NO4/c1-11(2,4-5-13)12-7-8(6-9(12)14)10(15)16-3/h8,13H,4-7H2,1-3H3. The molecule has 5 heteroatoms. The molecule has 1 rings (SSSR count). The summed E-state index contributed by atoms with van der Waals surface area (Å²) in [5.41, 5.74) is -0.408. The molecule has 0 aromatic carbocycles. The quantitative estimate of drug-likeness (QED) is 0.698. The lowest BCUT2D eigenvalue weighted by atomic mass is 9.99. The second kappa shape index (κ2) is 4.82. The molecule has 1 aliphatic heterocycles. The van der Waals surface area contributed by atoms with Gasteiger partial charge in [0.15, 0.2) is 0 Å². The fraction of sp³-hybridized carbons (Fsp3) is 0.818. The van der Waals surface area contributed by atoms with Crippen molar-refractivity contribution in [2.24, 2.45) is 5.92 Å². The minimum atomic E-state index is -0.408. The van der Waals surface area contributed by atoms with Crippen molar-refractivity contribution in [3.63, 3.8) is 0 Å². The van der Waals surface area contributed by atoms with Crippen molar-refractivity contribution in [1.82, 2.24) is 4.90 Å². The Bertz CT molecular complexity index is 288. The highest BCUT2D eigenvalue weighted by molar-refractivity contribution is 5.87. The molecule has 1 unspecified atom stereocenters. The molecule has 1 amide bonds. The molecule has 1 aliphatic rings. The van der Waals surface area contributed by atoms with E-state index in [4.69, 9.17) is 5.11 Å². The number of carbonyl (C=O) groups is 2. The highest BCUT2D eigenvalue weighted by Gasteiger charge is 2.41. The Kier molecular flexibility index (Phi) is 3.91. The number of aliphatic hydroxyl groups is 1. The Hall–Kier alpha value is -1.10. The predicted octanol–water partition coefficient (Wildman–Crippen LogP) is 0.169. The van der Waals surface area contributed by atoms with Crippen LogP contribution in [0.1, 0.15) is 26.7 Å². The second-order valence-electron chi connectivity index (χ2n) is 4.71. The predicted molar refractivity (Wildman–Crippen MR) is 57.6 cm³/mol. The highest BCUT2D eigenvalue weighted by atomic mass is 16.5. The summed E-state index contributed by atoms with van der Waals surface area (Å²) in [6.07, 6.45) is 0.716. The van der Waals surface area contributed by atoms with Gasteiger partial charge < -0.3 is 14.7 Å². The fourth-order valence-corrected chi connectivity index (χ4v) is 2.03. The van der Waals surface area contributed by atoms with E-state index in [2.05, 4.69) is 4.74 Å². The van der Waals surface area contributed by atoms with Crippen molar-refractivity contribution in [3.05, 3.63) is 0 Å². The number of amides is 1. The van der Waals surface area contributed by atoms with Gasteiger partial charge in [-0.3, -0.25) is 9.59 Å². The van der Waals surface area contributed by atoms with E-state index < -0.39 is 5.54 Å². The molecule has 0 bridgehead atoms. The van der Waals surface area contributed by atoms with E-state index in [1.807, 2.05) is 13.8 Å². The van der Waals surface area contributed by atoms with E-state index in [1.165, 1.54) is 7.11 Å². The number of likely N-dealkylation sites (tertiary alicyclic amines) is 1. The first-order valence-electron chi connectivity index (χ1n) is 5.41. The van der Waals surface area contributed by atoms with Crippen LogP contribution in [0.25, 0.3) is 0 Å². The van der Waals surface area contributed by atoms with Crippen LogP contribution in [-0.2, 0) is 14.3 Å². The van der Waals surface area contributed by atoms with Gasteiger partial charge in [-0.2, -0.15) is 0 Å². The number of hydrogen-bond acceptors (Lipinski definition) is 4. The third-order valence-electron chi connectivity index (χ3n) is 3.11. The van der Waals surface area contributed by atoms with Gasteiger partial charge in [0.05, 0.1) is 13.0 Å². The molecule has 0 aliphatic carbocycles. The Balaban J connectivity index is 2.71. The van der Waals surface area contributed by atoms with E-state index in [1.54, 1.807) is 4.90 Å². The second-order valence-corrected chi connectivity index (χ2v) is 4.71. The first-order chi connectivity index (χ1) is 7.42. The van der Waals surface area contributed by atoms with Crippen molar-refractivity contribution in [3.8, 4) is 0 Å².